The van der Waals surface area contributed by atoms with Crippen LogP contribution in [0.3, 0.4) is 0 Å². The van der Waals surface area contributed by atoms with E-state index in [1.807, 2.05) is 0 Å². The SMILES string of the molecule is O=C(O)c1ccc(-c2cnn(C(Cc3nccs3)c3ccc(-c4c(-n5cc(C(F)(F)F)nn5)ccc(Cl)c4F)c[n+]3[O-])c2)cc1. The van der Waals surface area contributed by atoms with Gasteiger partial charge in [-0.3, -0.25) is 4.68 Å². The van der Waals surface area contributed by atoms with Crippen molar-refractivity contribution in [2.75, 3.05) is 0 Å². The normalized spacial score (nSPS) is 12.4. The molecule has 228 valence electrons. The fraction of sp³-hybridized carbons (Fsp3) is 0.103. The molecule has 0 saturated heterocycles. The summed E-state index contributed by atoms with van der Waals surface area (Å²) in [6, 6.07) is 10.9. The predicted octanol–water partition coefficient (Wildman–Crippen LogP) is 6.23. The van der Waals surface area contributed by atoms with Gasteiger partial charge in [0.2, 0.25) is 5.69 Å². The van der Waals surface area contributed by atoms with Crippen molar-refractivity contribution in [1.29, 1.82) is 0 Å². The van der Waals surface area contributed by atoms with Crippen molar-refractivity contribution in [3.63, 3.8) is 0 Å². The lowest BCUT2D eigenvalue weighted by Crippen LogP contribution is -2.36. The monoisotopic (exact) mass is 655 g/mol. The summed E-state index contributed by atoms with van der Waals surface area (Å²) in [6.07, 6.45) is 2.12. The highest BCUT2D eigenvalue weighted by atomic mass is 35.5. The van der Waals surface area contributed by atoms with E-state index in [2.05, 4.69) is 20.4 Å². The third-order valence-electron chi connectivity index (χ3n) is 6.92. The second kappa shape index (κ2) is 11.7. The minimum Gasteiger partial charge on any atom is -0.618 e. The van der Waals surface area contributed by atoms with Gasteiger partial charge in [0.15, 0.2) is 17.7 Å². The van der Waals surface area contributed by atoms with E-state index in [1.54, 1.807) is 40.8 Å². The molecule has 16 heteroatoms. The lowest BCUT2D eigenvalue weighted by Gasteiger charge is -2.18. The Labute approximate surface area is 260 Å². The van der Waals surface area contributed by atoms with Crippen LogP contribution >= 0.6 is 22.9 Å². The molecular weight excluding hydrogens is 638 g/mol. The molecule has 0 aliphatic heterocycles. The van der Waals surface area contributed by atoms with Gasteiger partial charge in [0.05, 0.1) is 44.8 Å². The minimum absolute atomic E-state index is 0.0282. The number of benzene rings is 2. The van der Waals surface area contributed by atoms with Crippen LogP contribution in [0.4, 0.5) is 17.6 Å². The molecule has 4 aromatic heterocycles. The van der Waals surface area contributed by atoms with E-state index in [1.165, 1.54) is 47.7 Å². The van der Waals surface area contributed by atoms with E-state index in [4.69, 9.17) is 11.6 Å². The van der Waals surface area contributed by atoms with Crippen LogP contribution in [-0.2, 0) is 12.6 Å². The van der Waals surface area contributed by atoms with E-state index in [0.717, 1.165) is 10.9 Å². The van der Waals surface area contributed by atoms with Crippen LogP contribution in [-0.4, -0.2) is 40.8 Å². The number of aromatic nitrogens is 7. The van der Waals surface area contributed by atoms with Gasteiger partial charge in [-0.15, -0.1) is 16.4 Å². The summed E-state index contributed by atoms with van der Waals surface area (Å²) in [6.45, 7) is 0. The standard InChI is InChI=1S/C29H18ClF4N7O3S/c30-20-6-8-22(40-15-24(37-38-40)29(32,33)34)26(27(20)31)18-5-7-21(41(44)14-18)23(11-25-35-9-10-45-25)39-13-19(12-36-39)16-1-3-17(4-2-16)28(42)43/h1-10,12-15,23H,11H2,(H,42,43). The summed E-state index contributed by atoms with van der Waals surface area (Å²) < 4.78 is 57.9. The molecule has 45 heavy (non-hydrogen) atoms. The molecule has 0 aliphatic rings. The van der Waals surface area contributed by atoms with Gasteiger partial charge in [-0.2, -0.15) is 23.0 Å². The molecule has 4 heterocycles. The van der Waals surface area contributed by atoms with E-state index in [-0.39, 0.29) is 39.5 Å². The summed E-state index contributed by atoms with van der Waals surface area (Å²) in [4.78, 5) is 15.6. The maximum Gasteiger partial charge on any atom is 0.436 e. The molecule has 0 aliphatic carbocycles. The highest BCUT2D eigenvalue weighted by molar-refractivity contribution is 7.09. The molecule has 0 amide bonds. The maximum absolute atomic E-state index is 15.4. The number of aromatic carboxylic acids is 1. The fourth-order valence-corrected chi connectivity index (χ4v) is 5.54. The van der Waals surface area contributed by atoms with Crippen molar-refractivity contribution in [1.82, 2.24) is 29.8 Å². The first-order chi connectivity index (χ1) is 21.5. The van der Waals surface area contributed by atoms with E-state index in [9.17, 15) is 28.3 Å². The third kappa shape index (κ3) is 5.99. The number of pyridine rings is 1. The fourth-order valence-electron chi connectivity index (χ4n) is 4.73. The Morgan fingerprint density at radius 2 is 1.82 bits per heavy atom. The summed E-state index contributed by atoms with van der Waals surface area (Å²) in [5.41, 5.74) is 0.104. The van der Waals surface area contributed by atoms with Crippen molar-refractivity contribution in [3.05, 3.63) is 123 Å². The van der Waals surface area contributed by atoms with Crippen molar-refractivity contribution >= 4 is 28.9 Å². The van der Waals surface area contributed by atoms with Crippen LogP contribution in [0.2, 0.25) is 5.02 Å². The van der Waals surface area contributed by atoms with Crippen molar-refractivity contribution < 1.29 is 32.2 Å². The average molecular weight is 656 g/mol. The van der Waals surface area contributed by atoms with Crippen LogP contribution < -0.4 is 4.73 Å². The van der Waals surface area contributed by atoms with Gasteiger partial charge in [-0.05, 0) is 35.9 Å². The largest absolute Gasteiger partial charge is 0.618 e. The summed E-state index contributed by atoms with van der Waals surface area (Å²) in [5, 5.41) is 36.1. The number of carboxylic acids is 1. The molecule has 0 bridgehead atoms. The summed E-state index contributed by atoms with van der Waals surface area (Å²) >= 11 is 7.41. The van der Waals surface area contributed by atoms with E-state index < -0.39 is 29.7 Å². The highest BCUT2D eigenvalue weighted by Crippen LogP contribution is 2.35. The molecule has 0 spiro atoms. The molecular formula is C29H18ClF4N7O3S. The van der Waals surface area contributed by atoms with Gasteiger partial charge in [-0.1, -0.05) is 28.9 Å². The number of alkyl halides is 3. The van der Waals surface area contributed by atoms with Gasteiger partial charge >= 0.3 is 12.1 Å². The number of hydrogen-bond acceptors (Lipinski definition) is 7. The first-order valence-corrected chi connectivity index (χ1v) is 14.2. The number of carboxylic acid groups (broad SMARTS) is 1. The Morgan fingerprint density at radius 3 is 2.47 bits per heavy atom. The van der Waals surface area contributed by atoms with Gasteiger partial charge in [0.25, 0.3) is 0 Å². The Kier molecular flexibility index (Phi) is 7.80. The van der Waals surface area contributed by atoms with Crippen molar-refractivity contribution in [2.24, 2.45) is 0 Å². The molecule has 0 fully saturated rings. The quantitative estimate of drug-likeness (QED) is 0.117. The zero-order valence-electron chi connectivity index (χ0n) is 22.6. The molecule has 10 nitrogen and oxygen atoms in total. The van der Waals surface area contributed by atoms with Crippen LogP contribution in [0.25, 0.3) is 27.9 Å². The average Bonchev–Trinajstić information content (AvgIpc) is 3.80. The van der Waals surface area contributed by atoms with E-state index >= 15 is 4.39 Å². The molecule has 6 aromatic rings. The number of rotatable bonds is 8. The Morgan fingerprint density at radius 1 is 1.07 bits per heavy atom. The second-order valence-electron chi connectivity index (χ2n) is 9.71. The highest BCUT2D eigenvalue weighted by Gasteiger charge is 2.35. The van der Waals surface area contributed by atoms with Gasteiger partial charge in [0, 0.05) is 35.8 Å². The number of halogens is 5. The first kappa shape index (κ1) is 29.9. The number of thiazole rings is 1. The Hall–Kier alpha value is -5.15. The smallest absolute Gasteiger partial charge is 0.436 e. The van der Waals surface area contributed by atoms with Crippen molar-refractivity contribution in [3.8, 4) is 27.9 Å². The Balaban J connectivity index is 1.40. The maximum atomic E-state index is 15.4. The van der Waals surface area contributed by atoms with Crippen LogP contribution in [0.5, 0.6) is 0 Å². The summed E-state index contributed by atoms with van der Waals surface area (Å²) in [5.74, 6) is -2.02. The number of hydrogen-bond donors (Lipinski definition) is 1. The van der Waals surface area contributed by atoms with Gasteiger partial charge < -0.3 is 10.3 Å². The van der Waals surface area contributed by atoms with Crippen LogP contribution in [0.15, 0.2) is 84.9 Å². The molecule has 2 aromatic carbocycles. The van der Waals surface area contributed by atoms with Crippen LogP contribution in [0, 0.1) is 11.0 Å². The predicted molar refractivity (Wildman–Crippen MR) is 154 cm³/mol. The first-order valence-electron chi connectivity index (χ1n) is 13.0. The lowest BCUT2D eigenvalue weighted by molar-refractivity contribution is -0.615. The Bertz CT molecular complexity index is 2010. The van der Waals surface area contributed by atoms with Gasteiger partial charge in [0.1, 0.15) is 6.04 Å². The van der Waals surface area contributed by atoms with Gasteiger partial charge in [-0.25, -0.2) is 18.9 Å². The summed E-state index contributed by atoms with van der Waals surface area (Å²) in [7, 11) is 0. The molecule has 1 atom stereocenters. The van der Waals surface area contributed by atoms with Crippen LogP contribution in [0.1, 0.15) is 32.8 Å². The lowest BCUT2D eigenvalue weighted by atomic mass is 10.0. The zero-order valence-corrected chi connectivity index (χ0v) is 24.1. The molecule has 0 radical (unpaired) electrons. The molecule has 0 saturated carbocycles. The number of carbonyl (C=O) groups is 1. The molecule has 6 rings (SSSR count). The van der Waals surface area contributed by atoms with E-state index in [0.29, 0.717) is 27.1 Å². The zero-order chi connectivity index (χ0) is 31.9. The number of nitrogens with zero attached hydrogens (tertiary/aromatic N) is 7. The third-order valence-corrected chi connectivity index (χ3v) is 8.01. The van der Waals surface area contributed by atoms with Crippen molar-refractivity contribution in [2.45, 2.75) is 18.6 Å². The molecule has 1 N–H and O–H groups in total. The minimum atomic E-state index is -4.77. The molecule has 1 unspecified atom stereocenters. The topological polar surface area (TPSA) is 126 Å². The second-order valence-corrected chi connectivity index (χ2v) is 11.1.